The van der Waals surface area contributed by atoms with Gasteiger partial charge in [-0.1, -0.05) is 19.4 Å². The normalized spacial score (nSPS) is 13.3. The van der Waals surface area contributed by atoms with Gasteiger partial charge in [0.05, 0.1) is 5.75 Å². The molecule has 0 heterocycles. The van der Waals surface area contributed by atoms with Gasteiger partial charge in [0, 0.05) is 0 Å². The summed E-state index contributed by atoms with van der Waals surface area (Å²) in [5.74, 6) is -1.19. The van der Waals surface area contributed by atoms with Crippen LogP contribution in [0.1, 0.15) is 32.6 Å². The number of carboxylic acid groups (broad SMARTS) is 1. The van der Waals surface area contributed by atoms with Gasteiger partial charge in [-0.05, 0) is 19.3 Å². The van der Waals surface area contributed by atoms with Crippen LogP contribution in [0.15, 0.2) is 12.7 Å². The van der Waals surface area contributed by atoms with Gasteiger partial charge in [0.1, 0.15) is 6.04 Å². The minimum Gasteiger partial charge on any atom is -0.480 e. The molecule has 1 atom stereocenters. The number of carbonyl (C=O) groups is 1. The van der Waals surface area contributed by atoms with Crippen molar-refractivity contribution >= 4 is 16.0 Å². The molecule has 0 aromatic carbocycles. The van der Waals surface area contributed by atoms with Crippen molar-refractivity contribution in [1.82, 2.24) is 4.72 Å². The number of nitrogens with one attached hydrogen (secondary N) is 1. The average molecular weight is 249 g/mol. The molecule has 0 spiro atoms. The molecule has 0 fully saturated rings. The maximum absolute atomic E-state index is 11.5. The number of rotatable bonds is 9. The van der Waals surface area contributed by atoms with E-state index in [9.17, 15) is 13.2 Å². The van der Waals surface area contributed by atoms with Gasteiger partial charge >= 0.3 is 5.97 Å². The molecule has 16 heavy (non-hydrogen) atoms. The largest absolute Gasteiger partial charge is 0.480 e. The van der Waals surface area contributed by atoms with Crippen molar-refractivity contribution < 1.29 is 18.3 Å². The lowest BCUT2D eigenvalue weighted by molar-refractivity contribution is -0.139. The minimum absolute atomic E-state index is 0.0630. The summed E-state index contributed by atoms with van der Waals surface area (Å²) in [5.41, 5.74) is 0. The number of allylic oxidation sites excluding steroid dienone is 1. The van der Waals surface area contributed by atoms with Crippen LogP contribution in [0.25, 0.3) is 0 Å². The van der Waals surface area contributed by atoms with Crippen LogP contribution >= 0.6 is 0 Å². The van der Waals surface area contributed by atoms with Gasteiger partial charge in [0.15, 0.2) is 0 Å². The first-order chi connectivity index (χ1) is 7.43. The molecule has 0 amide bonds. The van der Waals surface area contributed by atoms with Gasteiger partial charge in [-0.15, -0.1) is 6.58 Å². The Kier molecular flexibility index (Phi) is 7.00. The number of carboxylic acids is 1. The van der Waals surface area contributed by atoms with E-state index in [0.29, 0.717) is 25.7 Å². The summed E-state index contributed by atoms with van der Waals surface area (Å²) in [6, 6.07) is -1.02. The summed E-state index contributed by atoms with van der Waals surface area (Å²) in [5, 5.41) is 8.80. The Morgan fingerprint density at radius 3 is 2.62 bits per heavy atom. The van der Waals surface area contributed by atoms with Gasteiger partial charge in [-0.2, -0.15) is 0 Å². The van der Waals surface area contributed by atoms with Crippen LogP contribution in [0, 0.1) is 0 Å². The van der Waals surface area contributed by atoms with E-state index in [2.05, 4.69) is 11.3 Å². The maximum Gasteiger partial charge on any atom is 0.321 e. The third-order valence-corrected chi connectivity index (χ3v) is 3.49. The summed E-state index contributed by atoms with van der Waals surface area (Å²) in [6.45, 7) is 5.30. The molecule has 94 valence electrons. The van der Waals surface area contributed by atoms with Crippen molar-refractivity contribution in [1.29, 1.82) is 0 Å². The van der Waals surface area contributed by atoms with Gasteiger partial charge in [0.2, 0.25) is 10.0 Å². The van der Waals surface area contributed by atoms with E-state index in [1.807, 2.05) is 6.92 Å². The molecule has 0 saturated heterocycles. The van der Waals surface area contributed by atoms with Crippen LogP contribution < -0.4 is 4.72 Å². The lowest BCUT2D eigenvalue weighted by Gasteiger charge is -2.13. The van der Waals surface area contributed by atoms with E-state index in [1.165, 1.54) is 0 Å². The van der Waals surface area contributed by atoms with Crippen LogP contribution in [0.4, 0.5) is 0 Å². The van der Waals surface area contributed by atoms with Crippen molar-refractivity contribution in [3.63, 3.8) is 0 Å². The molecular weight excluding hydrogens is 230 g/mol. The molecule has 0 rings (SSSR count). The van der Waals surface area contributed by atoms with Crippen molar-refractivity contribution in [2.75, 3.05) is 5.75 Å². The smallest absolute Gasteiger partial charge is 0.321 e. The fourth-order valence-corrected chi connectivity index (χ4v) is 2.53. The Morgan fingerprint density at radius 1 is 1.56 bits per heavy atom. The molecule has 0 radical (unpaired) electrons. The highest BCUT2D eigenvalue weighted by Gasteiger charge is 2.22. The first kappa shape index (κ1) is 15.1. The second kappa shape index (κ2) is 7.40. The molecule has 0 saturated carbocycles. The zero-order valence-electron chi connectivity index (χ0n) is 9.48. The molecule has 0 aliphatic carbocycles. The number of hydrogen-bond acceptors (Lipinski definition) is 3. The molecule has 5 nitrogen and oxygen atoms in total. The standard InChI is InChI=1S/C10H19NO4S/c1-3-5-6-8-16(14,15)11-9(7-4-2)10(12)13/h3,9,11H,1,4-8H2,2H3,(H,12,13). The lowest BCUT2D eigenvalue weighted by Crippen LogP contribution is -2.41. The van der Waals surface area contributed by atoms with Gasteiger partial charge in [-0.25, -0.2) is 13.1 Å². The molecule has 0 aliphatic rings. The van der Waals surface area contributed by atoms with E-state index in [4.69, 9.17) is 5.11 Å². The minimum atomic E-state index is -3.50. The van der Waals surface area contributed by atoms with E-state index < -0.39 is 22.0 Å². The van der Waals surface area contributed by atoms with Crippen LogP contribution in [-0.4, -0.2) is 31.3 Å². The summed E-state index contributed by atoms with van der Waals surface area (Å²) < 4.78 is 25.2. The fourth-order valence-electron chi connectivity index (χ4n) is 1.21. The van der Waals surface area contributed by atoms with Crippen molar-refractivity contribution in [3.05, 3.63) is 12.7 Å². The quantitative estimate of drug-likeness (QED) is 0.474. The highest BCUT2D eigenvalue weighted by Crippen LogP contribution is 2.02. The number of hydrogen-bond donors (Lipinski definition) is 2. The number of unbranched alkanes of at least 4 members (excludes halogenated alkanes) is 1. The van der Waals surface area contributed by atoms with Crippen molar-refractivity contribution in [2.45, 2.75) is 38.6 Å². The maximum atomic E-state index is 11.5. The highest BCUT2D eigenvalue weighted by atomic mass is 32.2. The molecule has 0 aromatic rings. The topological polar surface area (TPSA) is 83.5 Å². The first-order valence-electron chi connectivity index (χ1n) is 5.26. The Balaban J connectivity index is 4.30. The zero-order valence-corrected chi connectivity index (χ0v) is 10.3. The SMILES string of the molecule is C=CCCCS(=O)(=O)NC(CCC)C(=O)O. The van der Waals surface area contributed by atoms with Crippen LogP contribution in [0.3, 0.4) is 0 Å². The van der Waals surface area contributed by atoms with E-state index >= 15 is 0 Å². The fraction of sp³-hybridized carbons (Fsp3) is 0.700. The molecule has 0 aliphatic heterocycles. The lowest BCUT2D eigenvalue weighted by atomic mass is 10.2. The van der Waals surface area contributed by atoms with Crippen LogP contribution in [0.2, 0.25) is 0 Å². The van der Waals surface area contributed by atoms with Gasteiger partial charge in [0.25, 0.3) is 0 Å². The third kappa shape index (κ3) is 6.58. The molecule has 0 aromatic heterocycles. The predicted octanol–water partition coefficient (Wildman–Crippen LogP) is 1.13. The molecule has 6 heteroatoms. The summed E-state index contributed by atoms with van der Waals surface area (Å²) in [4.78, 5) is 10.8. The highest BCUT2D eigenvalue weighted by molar-refractivity contribution is 7.89. The van der Waals surface area contributed by atoms with Crippen molar-refractivity contribution in [3.8, 4) is 0 Å². The Hall–Kier alpha value is -0.880. The second-order valence-electron chi connectivity index (χ2n) is 3.55. The third-order valence-electron chi connectivity index (χ3n) is 2.02. The molecule has 2 N–H and O–H groups in total. The monoisotopic (exact) mass is 249 g/mol. The average Bonchev–Trinajstić information content (AvgIpc) is 2.17. The Bertz CT molecular complexity index is 324. The molecule has 0 bridgehead atoms. The van der Waals surface area contributed by atoms with Crippen molar-refractivity contribution in [2.24, 2.45) is 0 Å². The van der Waals surface area contributed by atoms with E-state index in [0.717, 1.165) is 0 Å². The first-order valence-corrected chi connectivity index (χ1v) is 6.92. The summed E-state index contributed by atoms with van der Waals surface area (Å²) in [7, 11) is -3.50. The number of sulfonamides is 1. The zero-order chi connectivity index (χ0) is 12.6. The Labute approximate surface area is 96.6 Å². The summed E-state index contributed by atoms with van der Waals surface area (Å²) >= 11 is 0. The molecular formula is C10H19NO4S. The predicted molar refractivity (Wildman–Crippen MR) is 62.7 cm³/mol. The molecule has 1 unspecified atom stereocenters. The summed E-state index contributed by atoms with van der Waals surface area (Å²) in [6.07, 6.45) is 3.61. The van der Waals surface area contributed by atoms with Crippen LogP contribution in [0.5, 0.6) is 0 Å². The second-order valence-corrected chi connectivity index (χ2v) is 5.42. The van der Waals surface area contributed by atoms with Gasteiger partial charge < -0.3 is 5.11 Å². The van der Waals surface area contributed by atoms with Crippen LogP contribution in [-0.2, 0) is 14.8 Å². The number of aliphatic carboxylic acids is 1. The van der Waals surface area contributed by atoms with Gasteiger partial charge in [-0.3, -0.25) is 4.79 Å². The van der Waals surface area contributed by atoms with E-state index in [1.54, 1.807) is 6.08 Å². The van der Waals surface area contributed by atoms with E-state index in [-0.39, 0.29) is 5.75 Å². The Morgan fingerprint density at radius 2 is 2.19 bits per heavy atom.